The minimum absolute atomic E-state index is 0.110. The van der Waals surface area contributed by atoms with Crippen molar-refractivity contribution in [3.63, 3.8) is 0 Å². The quantitative estimate of drug-likeness (QED) is 0.921. The summed E-state index contributed by atoms with van der Waals surface area (Å²) in [4.78, 5) is 19.3. The number of hydrogen-bond donors (Lipinski definition) is 1. The van der Waals surface area contributed by atoms with E-state index in [1.54, 1.807) is 26.0 Å². The van der Waals surface area contributed by atoms with E-state index in [2.05, 4.69) is 9.97 Å². The fourth-order valence-electron chi connectivity index (χ4n) is 1.90. The number of aliphatic carboxylic acids is 1. The Morgan fingerprint density at radius 1 is 1.26 bits per heavy atom. The summed E-state index contributed by atoms with van der Waals surface area (Å²) in [5, 5.41) is 8.83. The third kappa shape index (κ3) is 2.93. The standard InChI is InChI=1S/C14H13FN2O2/c1-8-12(7-13(18)19)9(2)17-14(16-8)10-4-3-5-11(15)6-10/h3-6H,7H2,1-2H3,(H,18,19). The molecule has 2 aromatic rings. The van der Waals surface area contributed by atoms with E-state index in [0.29, 0.717) is 28.3 Å². The first-order valence-electron chi connectivity index (χ1n) is 5.79. The topological polar surface area (TPSA) is 63.1 Å². The van der Waals surface area contributed by atoms with Crippen LogP contribution in [0.25, 0.3) is 11.4 Å². The first-order valence-corrected chi connectivity index (χ1v) is 5.79. The Kier molecular flexibility index (Phi) is 3.55. The molecule has 0 aliphatic carbocycles. The predicted molar refractivity (Wildman–Crippen MR) is 68.2 cm³/mol. The maximum absolute atomic E-state index is 13.2. The number of aryl methyl sites for hydroxylation is 2. The number of rotatable bonds is 3. The molecule has 1 heterocycles. The molecule has 1 aromatic carbocycles. The van der Waals surface area contributed by atoms with Gasteiger partial charge in [0, 0.05) is 22.5 Å². The zero-order chi connectivity index (χ0) is 14.0. The second-order valence-electron chi connectivity index (χ2n) is 4.28. The number of aromatic nitrogens is 2. The molecule has 4 nitrogen and oxygen atoms in total. The van der Waals surface area contributed by atoms with Gasteiger partial charge in [-0.1, -0.05) is 12.1 Å². The van der Waals surface area contributed by atoms with Crippen molar-refractivity contribution < 1.29 is 14.3 Å². The van der Waals surface area contributed by atoms with Gasteiger partial charge in [0.1, 0.15) is 5.82 Å². The Labute approximate surface area is 110 Å². The van der Waals surface area contributed by atoms with Gasteiger partial charge in [0.2, 0.25) is 0 Å². The maximum atomic E-state index is 13.2. The molecule has 0 radical (unpaired) electrons. The van der Waals surface area contributed by atoms with Crippen molar-refractivity contribution in [2.75, 3.05) is 0 Å². The van der Waals surface area contributed by atoms with Crippen molar-refractivity contribution in [1.29, 1.82) is 0 Å². The highest BCUT2D eigenvalue weighted by molar-refractivity contribution is 5.71. The first-order chi connectivity index (χ1) is 8.97. The minimum atomic E-state index is -0.923. The zero-order valence-electron chi connectivity index (χ0n) is 10.6. The average molecular weight is 260 g/mol. The molecule has 19 heavy (non-hydrogen) atoms. The molecule has 0 amide bonds. The van der Waals surface area contributed by atoms with Gasteiger partial charge >= 0.3 is 5.97 Å². The molecule has 0 saturated heterocycles. The van der Waals surface area contributed by atoms with Gasteiger partial charge < -0.3 is 5.11 Å². The number of carbonyl (C=O) groups is 1. The van der Waals surface area contributed by atoms with Crippen LogP contribution in [-0.2, 0) is 11.2 Å². The van der Waals surface area contributed by atoms with Crippen LogP contribution in [0.3, 0.4) is 0 Å². The monoisotopic (exact) mass is 260 g/mol. The highest BCUT2D eigenvalue weighted by atomic mass is 19.1. The molecule has 0 bridgehead atoms. The predicted octanol–water partition coefficient (Wildman–Crippen LogP) is 2.53. The summed E-state index contributed by atoms with van der Waals surface area (Å²) < 4.78 is 13.2. The Morgan fingerprint density at radius 3 is 2.42 bits per heavy atom. The molecule has 0 atom stereocenters. The number of nitrogens with zero attached hydrogens (tertiary/aromatic N) is 2. The third-order valence-electron chi connectivity index (χ3n) is 2.83. The van der Waals surface area contributed by atoms with E-state index in [1.165, 1.54) is 12.1 Å². The molecular formula is C14H13FN2O2. The summed E-state index contributed by atoms with van der Waals surface area (Å²) in [6.07, 6.45) is -0.110. The van der Waals surface area contributed by atoms with E-state index in [1.807, 2.05) is 0 Å². The van der Waals surface area contributed by atoms with Crippen molar-refractivity contribution in [3.8, 4) is 11.4 Å². The van der Waals surface area contributed by atoms with E-state index in [-0.39, 0.29) is 12.2 Å². The molecule has 0 aliphatic heterocycles. The SMILES string of the molecule is Cc1nc(-c2cccc(F)c2)nc(C)c1CC(=O)O. The van der Waals surface area contributed by atoms with Gasteiger partial charge in [-0.05, 0) is 26.0 Å². The Balaban J connectivity index is 2.48. The Bertz CT molecular complexity index is 618. The van der Waals surface area contributed by atoms with Crippen LogP contribution >= 0.6 is 0 Å². The number of hydrogen-bond acceptors (Lipinski definition) is 3. The fourth-order valence-corrected chi connectivity index (χ4v) is 1.90. The molecule has 1 N–H and O–H groups in total. The normalized spacial score (nSPS) is 10.5. The summed E-state index contributed by atoms with van der Waals surface area (Å²) in [5.41, 5.74) is 2.39. The van der Waals surface area contributed by atoms with E-state index < -0.39 is 5.97 Å². The molecule has 0 spiro atoms. The number of halogens is 1. The van der Waals surface area contributed by atoms with Gasteiger partial charge in [0.05, 0.1) is 6.42 Å². The van der Waals surface area contributed by atoms with Crippen LogP contribution in [0.1, 0.15) is 17.0 Å². The lowest BCUT2D eigenvalue weighted by molar-refractivity contribution is -0.136. The van der Waals surface area contributed by atoms with Gasteiger partial charge in [-0.2, -0.15) is 0 Å². The third-order valence-corrected chi connectivity index (χ3v) is 2.83. The second kappa shape index (κ2) is 5.14. The summed E-state index contributed by atoms with van der Waals surface area (Å²) in [6.45, 7) is 3.46. The second-order valence-corrected chi connectivity index (χ2v) is 4.28. The molecular weight excluding hydrogens is 247 g/mol. The molecule has 0 aliphatic rings. The Morgan fingerprint density at radius 2 is 1.89 bits per heavy atom. The van der Waals surface area contributed by atoms with E-state index in [9.17, 15) is 9.18 Å². The van der Waals surface area contributed by atoms with E-state index in [4.69, 9.17) is 5.11 Å². The van der Waals surface area contributed by atoms with E-state index in [0.717, 1.165) is 0 Å². The van der Waals surface area contributed by atoms with Crippen LogP contribution in [-0.4, -0.2) is 21.0 Å². The lowest BCUT2D eigenvalue weighted by atomic mass is 10.1. The van der Waals surface area contributed by atoms with Crippen molar-refractivity contribution in [3.05, 3.63) is 47.0 Å². The van der Waals surface area contributed by atoms with Gasteiger partial charge in [-0.3, -0.25) is 4.79 Å². The number of carboxylic acids is 1. The van der Waals surface area contributed by atoms with E-state index >= 15 is 0 Å². The van der Waals surface area contributed by atoms with Crippen molar-refractivity contribution in [2.24, 2.45) is 0 Å². The molecule has 0 saturated carbocycles. The minimum Gasteiger partial charge on any atom is -0.481 e. The smallest absolute Gasteiger partial charge is 0.307 e. The molecule has 0 unspecified atom stereocenters. The summed E-state index contributed by atoms with van der Waals surface area (Å²) >= 11 is 0. The molecule has 0 fully saturated rings. The highest BCUT2D eigenvalue weighted by Crippen LogP contribution is 2.19. The van der Waals surface area contributed by atoms with Crippen molar-refractivity contribution in [1.82, 2.24) is 9.97 Å². The zero-order valence-corrected chi connectivity index (χ0v) is 10.6. The number of carboxylic acid groups (broad SMARTS) is 1. The fraction of sp³-hybridized carbons (Fsp3) is 0.214. The van der Waals surface area contributed by atoms with Gasteiger partial charge in [-0.25, -0.2) is 14.4 Å². The Hall–Kier alpha value is -2.30. The first kappa shape index (κ1) is 13.1. The van der Waals surface area contributed by atoms with Gasteiger partial charge in [-0.15, -0.1) is 0 Å². The summed E-state index contributed by atoms with van der Waals surface area (Å²) in [7, 11) is 0. The van der Waals surface area contributed by atoms with Crippen LogP contribution < -0.4 is 0 Å². The summed E-state index contributed by atoms with van der Waals surface area (Å²) in [6, 6.07) is 6.01. The van der Waals surface area contributed by atoms with Crippen molar-refractivity contribution in [2.45, 2.75) is 20.3 Å². The lowest BCUT2D eigenvalue weighted by Crippen LogP contribution is -2.08. The molecule has 5 heteroatoms. The average Bonchev–Trinajstić information content (AvgIpc) is 2.33. The molecule has 1 aromatic heterocycles. The highest BCUT2D eigenvalue weighted by Gasteiger charge is 2.12. The molecule has 98 valence electrons. The maximum Gasteiger partial charge on any atom is 0.307 e. The van der Waals surface area contributed by atoms with Crippen LogP contribution in [0.4, 0.5) is 4.39 Å². The number of benzene rings is 1. The lowest BCUT2D eigenvalue weighted by Gasteiger charge is -2.09. The van der Waals surface area contributed by atoms with Crippen LogP contribution in [0.15, 0.2) is 24.3 Å². The van der Waals surface area contributed by atoms with Gasteiger partial charge in [0.15, 0.2) is 5.82 Å². The largest absolute Gasteiger partial charge is 0.481 e. The van der Waals surface area contributed by atoms with Crippen LogP contribution in [0.2, 0.25) is 0 Å². The van der Waals surface area contributed by atoms with Crippen LogP contribution in [0, 0.1) is 19.7 Å². The molecule has 2 rings (SSSR count). The summed E-state index contributed by atoms with van der Waals surface area (Å²) in [5.74, 6) is -0.872. The van der Waals surface area contributed by atoms with Crippen molar-refractivity contribution >= 4 is 5.97 Å². The van der Waals surface area contributed by atoms with Gasteiger partial charge in [0.25, 0.3) is 0 Å². The van der Waals surface area contributed by atoms with Crippen LogP contribution in [0.5, 0.6) is 0 Å².